The molecule has 0 saturated heterocycles. The van der Waals surface area contributed by atoms with Crippen molar-refractivity contribution in [1.82, 2.24) is 5.32 Å². The molecule has 0 radical (unpaired) electrons. The minimum Gasteiger partial charge on any atom is -0.455 e. The Morgan fingerprint density at radius 1 is 1.30 bits per heavy atom. The van der Waals surface area contributed by atoms with Gasteiger partial charge in [0.1, 0.15) is 9.75 Å². The summed E-state index contributed by atoms with van der Waals surface area (Å²) in [5, 5.41) is 3.54. The van der Waals surface area contributed by atoms with Gasteiger partial charge in [-0.1, -0.05) is 29.3 Å². The van der Waals surface area contributed by atoms with Gasteiger partial charge in [-0.15, -0.1) is 23.2 Å². The van der Waals surface area contributed by atoms with Crippen LogP contribution < -0.4 is 5.32 Å². The molecule has 1 aromatic rings. The largest absolute Gasteiger partial charge is 0.455 e. The molecule has 1 fully saturated rings. The molecule has 1 aliphatic rings. The summed E-state index contributed by atoms with van der Waals surface area (Å²) >= 11 is 23.6. The van der Waals surface area contributed by atoms with E-state index in [1.165, 1.54) is 0 Å². The zero-order valence-electron chi connectivity index (χ0n) is 12.5. The van der Waals surface area contributed by atoms with Gasteiger partial charge in [0.05, 0.1) is 16.1 Å². The first-order valence-electron chi connectivity index (χ1n) is 6.86. The van der Waals surface area contributed by atoms with E-state index in [2.05, 4.69) is 5.32 Å². The SMILES string of the molecule is CC(NC(=O)COC(=O)C1(C)CC1(Cl)Cl)c1ccc(Cl)c(Cl)c1. The summed E-state index contributed by atoms with van der Waals surface area (Å²) in [5.41, 5.74) is -0.167. The molecule has 1 aromatic carbocycles. The summed E-state index contributed by atoms with van der Waals surface area (Å²) in [6, 6.07) is 4.76. The van der Waals surface area contributed by atoms with Gasteiger partial charge in [0.15, 0.2) is 6.61 Å². The number of esters is 1. The molecular weight excluding hydrogens is 384 g/mol. The van der Waals surface area contributed by atoms with Crippen molar-refractivity contribution in [3.05, 3.63) is 33.8 Å². The molecule has 2 unspecified atom stereocenters. The molecule has 1 N–H and O–H groups in total. The lowest BCUT2D eigenvalue weighted by Gasteiger charge is -2.16. The van der Waals surface area contributed by atoms with E-state index in [4.69, 9.17) is 51.1 Å². The number of hydrogen-bond acceptors (Lipinski definition) is 3. The summed E-state index contributed by atoms with van der Waals surface area (Å²) in [5.74, 6) is -1.02. The lowest BCUT2D eigenvalue weighted by molar-refractivity contribution is -0.153. The fourth-order valence-corrected chi connectivity index (χ4v) is 3.06. The molecule has 4 nitrogen and oxygen atoms in total. The second-order valence-corrected chi connectivity index (χ2v) is 8.05. The third-order valence-corrected chi connectivity index (χ3v) is 5.70. The summed E-state index contributed by atoms with van der Waals surface area (Å²) in [6.07, 6.45) is 0.309. The van der Waals surface area contributed by atoms with Crippen LogP contribution in [0.4, 0.5) is 0 Å². The number of ether oxygens (including phenoxy) is 1. The number of carbonyl (C=O) groups excluding carboxylic acids is 2. The van der Waals surface area contributed by atoms with Gasteiger partial charge in [-0.3, -0.25) is 9.59 Å². The Balaban J connectivity index is 1.85. The molecule has 126 valence electrons. The lowest BCUT2D eigenvalue weighted by Crippen LogP contribution is -2.33. The minimum atomic E-state index is -1.12. The number of benzene rings is 1. The predicted octanol–water partition coefficient (Wildman–Crippen LogP) is 4.30. The maximum absolute atomic E-state index is 11.9. The van der Waals surface area contributed by atoms with Crippen molar-refractivity contribution < 1.29 is 14.3 Å². The van der Waals surface area contributed by atoms with E-state index < -0.39 is 28.2 Å². The molecule has 8 heteroatoms. The molecule has 2 rings (SSSR count). The molecule has 0 heterocycles. The van der Waals surface area contributed by atoms with Crippen LogP contribution in [0.25, 0.3) is 0 Å². The third-order valence-electron chi connectivity index (χ3n) is 3.86. The quantitative estimate of drug-likeness (QED) is 0.594. The van der Waals surface area contributed by atoms with E-state index in [1.54, 1.807) is 32.0 Å². The van der Waals surface area contributed by atoms with Crippen LogP contribution in [0.3, 0.4) is 0 Å². The van der Waals surface area contributed by atoms with Gasteiger partial charge in [-0.05, 0) is 31.5 Å². The van der Waals surface area contributed by atoms with E-state index in [0.717, 1.165) is 5.56 Å². The highest BCUT2D eigenvalue weighted by Gasteiger charge is 2.69. The van der Waals surface area contributed by atoms with E-state index >= 15 is 0 Å². The zero-order chi connectivity index (χ0) is 17.4. The Kier molecular flexibility index (Phi) is 5.41. The van der Waals surface area contributed by atoms with Crippen molar-refractivity contribution in [1.29, 1.82) is 0 Å². The number of rotatable bonds is 5. The zero-order valence-corrected chi connectivity index (χ0v) is 15.5. The highest BCUT2D eigenvalue weighted by molar-refractivity contribution is 6.53. The first-order valence-corrected chi connectivity index (χ1v) is 8.37. The van der Waals surface area contributed by atoms with Crippen molar-refractivity contribution in [3.8, 4) is 0 Å². The Labute approximate surface area is 154 Å². The Hall–Kier alpha value is -0.680. The lowest BCUT2D eigenvalue weighted by atomic mass is 10.1. The second-order valence-electron chi connectivity index (χ2n) is 5.75. The molecule has 1 saturated carbocycles. The summed E-state index contributed by atoms with van der Waals surface area (Å²) in [4.78, 5) is 23.8. The van der Waals surface area contributed by atoms with Gasteiger partial charge in [0.25, 0.3) is 5.91 Å². The smallest absolute Gasteiger partial charge is 0.315 e. The Bertz CT molecular complexity index is 650. The molecule has 0 aliphatic heterocycles. The summed E-state index contributed by atoms with van der Waals surface area (Å²) in [7, 11) is 0. The van der Waals surface area contributed by atoms with Gasteiger partial charge in [-0.2, -0.15) is 0 Å². The maximum atomic E-state index is 11.9. The van der Waals surface area contributed by atoms with Gasteiger partial charge in [0.2, 0.25) is 0 Å². The van der Waals surface area contributed by atoms with Gasteiger partial charge >= 0.3 is 5.97 Å². The fourth-order valence-electron chi connectivity index (χ4n) is 2.06. The summed E-state index contributed by atoms with van der Waals surface area (Å²) in [6.45, 7) is 2.99. The van der Waals surface area contributed by atoms with Crippen molar-refractivity contribution >= 4 is 58.3 Å². The molecule has 1 aliphatic carbocycles. The number of carbonyl (C=O) groups is 2. The maximum Gasteiger partial charge on any atom is 0.315 e. The first-order chi connectivity index (χ1) is 10.6. The highest BCUT2D eigenvalue weighted by atomic mass is 35.5. The molecule has 23 heavy (non-hydrogen) atoms. The van der Waals surface area contributed by atoms with Crippen LogP contribution in [0.15, 0.2) is 18.2 Å². The Morgan fingerprint density at radius 2 is 1.91 bits per heavy atom. The van der Waals surface area contributed by atoms with Gasteiger partial charge < -0.3 is 10.1 Å². The molecule has 2 atom stereocenters. The third kappa shape index (κ3) is 4.05. The minimum absolute atomic E-state index is 0.309. The van der Waals surface area contributed by atoms with E-state index in [0.29, 0.717) is 16.5 Å². The standard InChI is InChI=1S/C15H15Cl4NO3/c1-8(9-3-4-10(16)11(17)5-9)20-12(21)6-23-13(22)14(2)7-15(14,18)19/h3-5,8H,6-7H2,1-2H3,(H,20,21). The highest BCUT2D eigenvalue weighted by Crippen LogP contribution is 2.64. The normalized spacial score (nSPS) is 23.0. The molecule has 0 spiro atoms. The van der Waals surface area contributed by atoms with Crippen LogP contribution in [0.2, 0.25) is 10.0 Å². The van der Waals surface area contributed by atoms with Crippen LogP contribution in [0.1, 0.15) is 31.9 Å². The topological polar surface area (TPSA) is 55.4 Å². The van der Waals surface area contributed by atoms with Crippen molar-refractivity contribution in [3.63, 3.8) is 0 Å². The first kappa shape index (κ1) is 18.7. The van der Waals surface area contributed by atoms with E-state index in [9.17, 15) is 9.59 Å². The van der Waals surface area contributed by atoms with E-state index in [-0.39, 0.29) is 6.04 Å². The number of alkyl halides is 2. The average molecular weight is 399 g/mol. The average Bonchev–Trinajstić information content (AvgIpc) is 2.99. The van der Waals surface area contributed by atoms with Gasteiger partial charge in [0, 0.05) is 6.42 Å². The van der Waals surface area contributed by atoms with Crippen LogP contribution in [-0.4, -0.2) is 22.8 Å². The number of hydrogen-bond donors (Lipinski definition) is 1. The summed E-state index contributed by atoms with van der Waals surface area (Å²) < 4.78 is 3.86. The number of halogens is 4. The molecule has 0 bridgehead atoms. The molecule has 1 amide bonds. The van der Waals surface area contributed by atoms with E-state index in [1.807, 2.05) is 0 Å². The second kappa shape index (κ2) is 6.67. The monoisotopic (exact) mass is 397 g/mol. The van der Waals surface area contributed by atoms with Crippen molar-refractivity contribution in [2.45, 2.75) is 30.6 Å². The number of nitrogens with one attached hydrogen (secondary N) is 1. The molecule has 0 aromatic heterocycles. The molecular formula is C15H15Cl4NO3. The number of amides is 1. The fraction of sp³-hybridized carbons (Fsp3) is 0.467. The van der Waals surface area contributed by atoms with Crippen LogP contribution in [0, 0.1) is 5.41 Å². The predicted molar refractivity (Wildman–Crippen MR) is 91.1 cm³/mol. The van der Waals surface area contributed by atoms with Crippen molar-refractivity contribution in [2.24, 2.45) is 5.41 Å². The van der Waals surface area contributed by atoms with Crippen molar-refractivity contribution in [2.75, 3.05) is 6.61 Å². The van der Waals surface area contributed by atoms with Gasteiger partial charge in [-0.25, -0.2) is 0 Å². The van der Waals surface area contributed by atoms with Crippen LogP contribution >= 0.6 is 46.4 Å². The Morgan fingerprint density at radius 3 is 2.43 bits per heavy atom. The van der Waals surface area contributed by atoms with Crippen LogP contribution in [-0.2, 0) is 14.3 Å². The van der Waals surface area contributed by atoms with Crippen LogP contribution in [0.5, 0.6) is 0 Å².